The predicted molar refractivity (Wildman–Crippen MR) is 81.5 cm³/mol. The van der Waals surface area contributed by atoms with Gasteiger partial charge in [0.1, 0.15) is 10.6 Å². The van der Waals surface area contributed by atoms with Gasteiger partial charge in [0.2, 0.25) is 10.0 Å². The van der Waals surface area contributed by atoms with Crippen LogP contribution < -0.4 is 14.8 Å². The Morgan fingerprint density at radius 1 is 1.45 bits per heavy atom. The van der Waals surface area contributed by atoms with Crippen LogP contribution in [0.5, 0.6) is 5.75 Å². The minimum absolute atomic E-state index is 0.0996. The van der Waals surface area contributed by atoms with Gasteiger partial charge < -0.3 is 10.1 Å². The van der Waals surface area contributed by atoms with Gasteiger partial charge in [-0.2, -0.15) is 0 Å². The van der Waals surface area contributed by atoms with E-state index in [0.717, 1.165) is 13.0 Å². The van der Waals surface area contributed by atoms with Gasteiger partial charge in [0.05, 0.1) is 7.11 Å². The van der Waals surface area contributed by atoms with Gasteiger partial charge >= 0.3 is 0 Å². The first-order valence-electron chi connectivity index (χ1n) is 6.50. The van der Waals surface area contributed by atoms with Gasteiger partial charge in [0, 0.05) is 17.1 Å². The van der Waals surface area contributed by atoms with Crippen LogP contribution in [0.3, 0.4) is 0 Å². The van der Waals surface area contributed by atoms with E-state index in [9.17, 15) is 8.42 Å². The molecule has 2 atom stereocenters. The fourth-order valence-electron chi connectivity index (χ4n) is 2.27. The SMILES string of the molecule is COc1ccc(Br)cc1S(=O)(=O)NC1CNCCC1C. The molecule has 1 aliphatic rings. The molecule has 5 nitrogen and oxygen atoms in total. The van der Waals surface area contributed by atoms with Gasteiger partial charge in [0.15, 0.2) is 0 Å². The van der Waals surface area contributed by atoms with Crippen LogP contribution in [0, 0.1) is 5.92 Å². The maximum absolute atomic E-state index is 12.5. The van der Waals surface area contributed by atoms with Crippen LogP contribution in [0.2, 0.25) is 0 Å². The smallest absolute Gasteiger partial charge is 0.244 e. The summed E-state index contributed by atoms with van der Waals surface area (Å²) in [7, 11) is -2.14. The molecule has 1 fully saturated rings. The maximum Gasteiger partial charge on any atom is 0.244 e. The van der Waals surface area contributed by atoms with E-state index in [1.807, 2.05) is 0 Å². The molecule has 0 spiro atoms. The van der Waals surface area contributed by atoms with Crippen LogP contribution in [0.1, 0.15) is 13.3 Å². The van der Waals surface area contributed by atoms with Crippen LogP contribution in [-0.2, 0) is 10.0 Å². The molecular formula is C13H19BrN2O3S. The van der Waals surface area contributed by atoms with Crippen molar-refractivity contribution in [3.8, 4) is 5.75 Å². The maximum atomic E-state index is 12.5. The number of piperidine rings is 1. The van der Waals surface area contributed by atoms with Gasteiger partial charge in [-0.3, -0.25) is 0 Å². The number of methoxy groups -OCH3 is 1. The summed E-state index contributed by atoms with van der Waals surface area (Å²) in [6, 6.07) is 4.85. The van der Waals surface area contributed by atoms with Crippen molar-refractivity contribution >= 4 is 26.0 Å². The zero-order valence-corrected chi connectivity index (χ0v) is 13.9. The number of rotatable bonds is 4. The van der Waals surface area contributed by atoms with Crippen LogP contribution in [0.25, 0.3) is 0 Å². The molecule has 0 bridgehead atoms. The predicted octanol–water partition coefficient (Wildman–Crippen LogP) is 1.73. The number of ether oxygens (including phenoxy) is 1. The van der Waals surface area contributed by atoms with E-state index in [2.05, 4.69) is 32.9 Å². The van der Waals surface area contributed by atoms with Crippen molar-refractivity contribution in [2.45, 2.75) is 24.3 Å². The van der Waals surface area contributed by atoms with E-state index < -0.39 is 10.0 Å². The van der Waals surface area contributed by atoms with Crippen molar-refractivity contribution in [2.75, 3.05) is 20.2 Å². The van der Waals surface area contributed by atoms with Crippen molar-refractivity contribution in [2.24, 2.45) is 5.92 Å². The fraction of sp³-hybridized carbons (Fsp3) is 0.538. The first-order chi connectivity index (χ1) is 9.44. The first-order valence-corrected chi connectivity index (χ1v) is 8.78. The molecule has 1 saturated heterocycles. The third-order valence-corrected chi connectivity index (χ3v) is 5.55. The van der Waals surface area contributed by atoms with E-state index in [1.165, 1.54) is 7.11 Å². The van der Waals surface area contributed by atoms with E-state index >= 15 is 0 Å². The summed E-state index contributed by atoms with van der Waals surface area (Å²) < 4.78 is 33.7. The molecule has 7 heteroatoms. The lowest BCUT2D eigenvalue weighted by molar-refractivity contribution is 0.326. The van der Waals surface area contributed by atoms with Crippen LogP contribution in [0.15, 0.2) is 27.6 Å². The highest BCUT2D eigenvalue weighted by molar-refractivity contribution is 9.10. The molecule has 0 aromatic heterocycles. The normalized spacial score (nSPS) is 23.6. The van der Waals surface area contributed by atoms with E-state index in [-0.39, 0.29) is 10.9 Å². The summed E-state index contributed by atoms with van der Waals surface area (Å²) in [6.07, 6.45) is 0.961. The molecule has 2 rings (SSSR count). The number of hydrogen-bond acceptors (Lipinski definition) is 4. The van der Waals surface area contributed by atoms with Gasteiger partial charge in [0.25, 0.3) is 0 Å². The molecule has 2 unspecified atom stereocenters. The largest absolute Gasteiger partial charge is 0.495 e. The van der Waals surface area contributed by atoms with E-state index in [1.54, 1.807) is 18.2 Å². The highest BCUT2D eigenvalue weighted by Crippen LogP contribution is 2.28. The Bertz CT molecular complexity index is 577. The Kier molecular flexibility index (Phi) is 5.06. The summed E-state index contributed by atoms with van der Waals surface area (Å²) in [4.78, 5) is 0.159. The van der Waals surface area contributed by atoms with Crippen molar-refractivity contribution in [1.29, 1.82) is 0 Å². The highest BCUT2D eigenvalue weighted by Gasteiger charge is 2.28. The van der Waals surface area contributed by atoms with Crippen molar-refractivity contribution in [3.05, 3.63) is 22.7 Å². The first kappa shape index (κ1) is 15.8. The third kappa shape index (κ3) is 3.52. The minimum Gasteiger partial charge on any atom is -0.495 e. The highest BCUT2D eigenvalue weighted by atomic mass is 79.9. The molecule has 1 aliphatic heterocycles. The summed E-state index contributed by atoms with van der Waals surface area (Å²) in [5, 5.41) is 3.21. The molecule has 0 aliphatic carbocycles. The standard InChI is InChI=1S/C13H19BrN2O3S/c1-9-5-6-15-8-11(9)16-20(17,18)13-7-10(14)3-4-12(13)19-2/h3-4,7,9,11,15-16H,5-6,8H2,1-2H3. The Labute approximate surface area is 128 Å². The second-order valence-electron chi connectivity index (χ2n) is 4.99. The second-order valence-corrected chi connectivity index (χ2v) is 7.59. The van der Waals surface area contributed by atoms with Crippen molar-refractivity contribution in [1.82, 2.24) is 10.0 Å². The third-order valence-electron chi connectivity index (χ3n) is 3.55. The van der Waals surface area contributed by atoms with Gasteiger partial charge in [-0.1, -0.05) is 22.9 Å². The quantitative estimate of drug-likeness (QED) is 0.855. The molecule has 112 valence electrons. The molecule has 0 radical (unpaired) electrons. The minimum atomic E-state index is -3.60. The van der Waals surface area contributed by atoms with Crippen LogP contribution in [-0.4, -0.2) is 34.7 Å². The lowest BCUT2D eigenvalue weighted by atomic mass is 9.96. The second kappa shape index (κ2) is 6.43. The average molecular weight is 363 g/mol. The van der Waals surface area contributed by atoms with Crippen molar-refractivity contribution in [3.63, 3.8) is 0 Å². The van der Waals surface area contributed by atoms with Gasteiger partial charge in [-0.25, -0.2) is 13.1 Å². The fourth-order valence-corrected chi connectivity index (χ4v) is 4.32. The Balaban J connectivity index is 2.28. The molecule has 20 heavy (non-hydrogen) atoms. The average Bonchev–Trinajstić information content (AvgIpc) is 2.41. The Morgan fingerprint density at radius 2 is 2.20 bits per heavy atom. The molecule has 1 aromatic rings. The lowest BCUT2D eigenvalue weighted by Crippen LogP contribution is -2.50. The number of halogens is 1. The zero-order valence-electron chi connectivity index (χ0n) is 11.5. The van der Waals surface area contributed by atoms with E-state index in [4.69, 9.17) is 4.74 Å². The molecule has 2 N–H and O–H groups in total. The molecule has 0 amide bonds. The topological polar surface area (TPSA) is 67.4 Å². The van der Waals surface area contributed by atoms with Crippen LogP contribution in [0.4, 0.5) is 0 Å². The summed E-state index contributed by atoms with van der Waals surface area (Å²) >= 11 is 3.29. The van der Waals surface area contributed by atoms with E-state index in [0.29, 0.717) is 22.7 Å². The monoisotopic (exact) mass is 362 g/mol. The molecule has 1 heterocycles. The summed E-state index contributed by atoms with van der Waals surface area (Å²) in [5.74, 6) is 0.654. The van der Waals surface area contributed by atoms with Gasteiger partial charge in [-0.15, -0.1) is 0 Å². The lowest BCUT2D eigenvalue weighted by Gasteiger charge is -2.30. The number of benzene rings is 1. The molecular weight excluding hydrogens is 344 g/mol. The van der Waals surface area contributed by atoms with Crippen LogP contribution >= 0.6 is 15.9 Å². The summed E-state index contributed by atoms with van der Waals surface area (Å²) in [6.45, 7) is 3.64. The number of nitrogens with one attached hydrogen (secondary N) is 2. The Hall–Kier alpha value is -0.630. The summed E-state index contributed by atoms with van der Waals surface area (Å²) in [5.41, 5.74) is 0. The number of sulfonamides is 1. The van der Waals surface area contributed by atoms with Gasteiger partial charge in [-0.05, 0) is 37.1 Å². The van der Waals surface area contributed by atoms with Crippen molar-refractivity contribution < 1.29 is 13.2 Å². The zero-order chi connectivity index (χ0) is 14.8. The number of hydrogen-bond donors (Lipinski definition) is 2. The molecule has 0 saturated carbocycles. The molecule has 1 aromatic carbocycles. The Morgan fingerprint density at radius 3 is 2.85 bits per heavy atom.